The molecule has 2 aromatic rings. The van der Waals surface area contributed by atoms with E-state index in [1.54, 1.807) is 18.2 Å². The number of nitrogens with one attached hydrogen (secondary N) is 1. The summed E-state index contributed by atoms with van der Waals surface area (Å²) in [5.74, 6) is -0.0938. The molecule has 0 aliphatic heterocycles. The van der Waals surface area contributed by atoms with Gasteiger partial charge >= 0.3 is 0 Å². The number of hydrogen-bond acceptors (Lipinski definition) is 3. The van der Waals surface area contributed by atoms with Crippen molar-refractivity contribution in [2.24, 2.45) is 0 Å². The van der Waals surface area contributed by atoms with E-state index in [1.807, 2.05) is 45.0 Å². The monoisotopic (exact) mass is 402 g/mol. The molecular weight excluding hydrogens is 372 g/mol. The first-order valence-electron chi connectivity index (χ1n) is 9.52. The molecule has 2 rings (SSSR count). The van der Waals surface area contributed by atoms with Crippen molar-refractivity contribution in [2.75, 3.05) is 15.9 Å². The highest BCUT2D eigenvalue weighted by Gasteiger charge is 2.32. The summed E-state index contributed by atoms with van der Waals surface area (Å²) in [6, 6.07) is 12.3. The van der Waals surface area contributed by atoms with E-state index in [-0.39, 0.29) is 11.8 Å². The van der Waals surface area contributed by atoms with Gasteiger partial charge in [-0.05, 0) is 55.0 Å². The zero-order valence-electron chi connectivity index (χ0n) is 17.5. The summed E-state index contributed by atoms with van der Waals surface area (Å²) >= 11 is 0. The van der Waals surface area contributed by atoms with Gasteiger partial charge in [0.15, 0.2) is 0 Å². The Hall–Kier alpha value is -2.34. The SMILES string of the molecule is CC[C@@H](C(=O)Nc1c(C)cccc1C(C)C)N(c1cccc(C)c1)S(C)(=O)=O. The quantitative estimate of drug-likeness (QED) is 0.735. The minimum atomic E-state index is -3.65. The number of amides is 1. The second-order valence-electron chi connectivity index (χ2n) is 7.50. The van der Waals surface area contributed by atoms with E-state index in [9.17, 15) is 13.2 Å². The fourth-order valence-corrected chi connectivity index (χ4v) is 4.58. The molecule has 0 aliphatic carbocycles. The minimum Gasteiger partial charge on any atom is -0.324 e. The number of carbonyl (C=O) groups is 1. The Labute approximate surface area is 168 Å². The Bertz CT molecular complexity index is 952. The molecule has 1 atom stereocenters. The Morgan fingerprint density at radius 1 is 1.11 bits per heavy atom. The third-order valence-electron chi connectivity index (χ3n) is 4.76. The van der Waals surface area contributed by atoms with Gasteiger partial charge in [0.1, 0.15) is 6.04 Å². The molecule has 0 radical (unpaired) electrons. The van der Waals surface area contributed by atoms with Gasteiger partial charge in [0.2, 0.25) is 15.9 Å². The molecule has 0 aliphatic rings. The molecule has 0 saturated heterocycles. The Morgan fingerprint density at radius 3 is 2.29 bits per heavy atom. The predicted molar refractivity (Wildman–Crippen MR) is 116 cm³/mol. The van der Waals surface area contributed by atoms with Crippen LogP contribution in [0.4, 0.5) is 11.4 Å². The van der Waals surface area contributed by atoms with Crippen LogP contribution in [-0.4, -0.2) is 26.6 Å². The third-order valence-corrected chi connectivity index (χ3v) is 5.94. The molecule has 2 aromatic carbocycles. The molecular formula is C22H30N2O3S. The van der Waals surface area contributed by atoms with E-state index < -0.39 is 16.1 Å². The standard InChI is InChI=1S/C22H30N2O3S/c1-7-20(24(28(6,26)27)18-12-8-10-16(4)14-18)22(25)23-21-17(5)11-9-13-19(21)15(2)3/h8-15,20H,7H2,1-6H3,(H,23,25)/t20-/m0/s1. The van der Waals surface area contributed by atoms with Gasteiger partial charge in [-0.3, -0.25) is 9.10 Å². The highest BCUT2D eigenvalue weighted by molar-refractivity contribution is 7.92. The molecule has 1 amide bonds. The number of rotatable bonds is 7. The lowest BCUT2D eigenvalue weighted by Crippen LogP contribution is -2.47. The number of hydrogen-bond donors (Lipinski definition) is 1. The molecule has 6 heteroatoms. The van der Waals surface area contributed by atoms with E-state index in [0.717, 1.165) is 28.6 Å². The van der Waals surface area contributed by atoms with Crippen molar-refractivity contribution < 1.29 is 13.2 Å². The van der Waals surface area contributed by atoms with Gasteiger partial charge in [0.05, 0.1) is 11.9 Å². The first-order valence-corrected chi connectivity index (χ1v) is 11.4. The van der Waals surface area contributed by atoms with Gasteiger partial charge < -0.3 is 5.32 Å². The summed E-state index contributed by atoms with van der Waals surface area (Å²) in [7, 11) is -3.65. The van der Waals surface area contributed by atoms with E-state index >= 15 is 0 Å². The fourth-order valence-electron chi connectivity index (χ4n) is 3.37. The smallest absolute Gasteiger partial charge is 0.248 e. The van der Waals surface area contributed by atoms with Gasteiger partial charge in [-0.25, -0.2) is 8.42 Å². The maximum Gasteiger partial charge on any atom is 0.248 e. The van der Waals surface area contributed by atoms with Crippen LogP contribution in [0.15, 0.2) is 42.5 Å². The molecule has 28 heavy (non-hydrogen) atoms. The van der Waals surface area contributed by atoms with Crippen molar-refractivity contribution in [3.05, 3.63) is 59.2 Å². The molecule has 5 nitrogen and oxygen atoms in total. The van der Waals surface area contributed by atoms with Crippen LogP contribution < -0.4 is 9.62 Å². The topological polar surface area (TPSA) is 66.5 Å². The van der Waals surface area contributed by atoms with Crippen LogP contribution in [0.1, 0.15) is 49.8 Å². The van der Waals surface area contributed by atoms with Gasteiger partial charge in [0, 0.05) is 5.69 Å². The molecule has 0 heterocycles. The number of carbonyl (C=O) groups excluding carboxylic acids is 1. The Kier molecular flexibility index (Phi) is 6.88. The number of para-hydroxylation sites is 1. The highest BCUT2D eigenvalue weighted by Crippen LogP contribution is 2.29. The second kappa shape index (κ2) is 8.78. The summed E-state index contributed by atoms with van der Waals surface area (Å²) in [6.07, 6.45) is 1.49. The van der Waals surface area contributed by atoms with Crippen LogP contribution in [0, 0.1) is 13.8 Å². The summed E-state index contributed by atoms with van der Waals surface area (Å²) in [5, 5.41) is 3.00. The number of benzene rings is 2. The average molecular weight is 403 g/mol. The third kappa shape index (κ3) is 4.93. The van der Waals surface area contributed by atoms with Crippen LogP contribution in [0.2, 0.25) is 0 Å². The normalized spacial score (nSPS) is 12.7. The number of aryl methyl sites for hydroxylation is 2. The molecule has 0 bridgehead atoms. The highest BCUT2D eigenvalue weighted by atomic mass is 32.2. The molecule has 0 unspecified atom stereocenters. The van der Waals surface area contributed by atoms with Crippen LogP contribution in [0.5, 0.6) is 0 Å². The van der Waals surface area contributed by atoms with Crippen molar-refractivity contribution in [3.63, 3.8) is 0 Å². The van der Waals surface area contributed by atoms with Crippen molar-refractivity contribution in [1.82, 2.24) is 0 Å². The second-order valence-corrected chi connectivity index (χ2v) is 9.36. The predicted octanol–water partition coefficient (Wildman–Crippen LogP) is 4.61. The zero-order chi connectivity index (χ0) is 21.1. The zero-order valence-corrected chi connectivity index (χ0v) is 18.3. The molecule has 0 saturated carbocycles. The van der Waals surface area contributed by atoms with Crippen LogP contribution in [0.3, 0.4) is 0 Å². The fraction of sp³-hybridized carbons (Fsp3) is 0.409. The van der Waals surface area contributed by atoms with Crippen molar-refractivity contribution in [2.45, 2.75) is 53.0 Å². The summed E-state index contributed by atoms with van der Waals surface area (Å²) < 4.78 is 26.4. The molecule has 0 aromatic heterocycles. The van der Waals surface area contributed by atoms with Crippen molar-refractivity contribution >= 4 is 27.3 Å². The van der Waals surface area contributed by atoms with Crippen LogP contribution >= 0.6 is 0 Å². The minimum absolute atomic E-state index is 0.234. The van der Waals surface area contributed by atoms with Crippen molar-refractivity contribution in [1.29, 1.82) is 0 Å². The molecule has 1 N–H and O–H groups in total. The Morgan fingerprint density at radius 2 is 1.75 bits per heavy atom. The first-order chi connectivity index (χ1) is 13.1. The number of sulfonamides is 1. The van der Waals surface area contributed by atoms with Crippen LogP contribution in [-0.2, 0) is 14.8 Å². The van der Waals surface area contributed by atoms with E-state index in [1.165, 1.54) is 4.31 Å². The van der Waals surface area contributed by atoms with Gasteiger partial charge in [0.25, 0.3) is 0 Å². The lowest BCUT2D eigenvalue weighted by Gasteiger charge is -2.31. The van der Waals surface area contributed by atoms with Gasteiger partial charge in [-0.2, -0.15) is 0 Å². The summed E-state index contributed by atoms with van der Waals surface area (Å²) in [5.41, 5.74) is 4.18. The summed E-state index contributed by atoms with van der Waals surface area (Å²) in [6.45, 7) is 9.79. The molecule has 0 fully saturated rings. The maximum absolute atomic E-state index is 13.2. The van der Waals surface area contributed by atoms with Gasteiger partial charge in [-0.15, -0.1) is 0 Å². The summed E-state index contributed by atoms with van der Waals surface area (Å²) in [4.78, 5) is 13.2. The van der Waals surface area contributed by atoms with E-state index in [2.05, 4.69) is 19.2 Å². The van der Waals surface area contributed by atoms with E-state index in [4.69, 9.17) is 0 Å². The number of anilines is 2. The number of nitrogens with zero attached hydrogens (tertiary/aromatic N) is 1. The largest absolute Gasteiger partial charge is 0.324 e. The van der Waals surface area contributed by atoms with Gasteiger partial charge in [-0.1, -0.05) is 51.1 Å². The van der Waals surface area contributed by atoms with Crippen molar-refractivity contribution in [3.8, 4) is 0 Å². The Balaban J connectivity index is 2.47. The first kappa shape index (κ1) is 22.0. The molecule has 152 valence electrons. The van der Waals surface area contributed by atoms with E-state index in [0.29, 0.717) is 12.1 Å². The molecule has 0 spiro atoms. The lowest BCUT2D eigenvalue weighted by molar-refractivity contribution is -0.117. The maximum atomic E-state index is 13.2. The average Bonchev–Trinajstić information content (AvgIpc) is 2.59. The lowest BCUT2D eigenvalue weighted by atomic mass is 9.98. The van der Waals surface area contributed by atoms with Crippen LogP contribution in [0.25, 0.3) is 0 Å².